The van der Waals surface area contributed by atoms with Crippen LogP contribution in [0.4, 0.5) is 0 Å². The van der Waals surface area contributed by atoms with E-state index >= 15 is 0 Å². The van der Waals surface area contributed by atoms with Crippen LogP contribution in [0.5, 0.6) is 0 Å². The maximum Gasteiger partial charge on any atom is 0.0537 e. The Labute approximate surface area is 85.9 Å². The average molecular weight is 196 g/mol. The first kappa shape index (κ1) is 11.2. The van der Waals surface area contributed by atoms with Gasteiger partial charge in [0.25, 0.3) is 0 Å². The lowest BCUT2D eigenvalue weighted by Crippen LogP contribution is -2.26. The van der Waals surface area contributed by atoms with Crippen LogP contribution in [0.15, 0.2) is 6.20 Å². The number of rotatable bonds is 5. The van der Waals surface area contributed by atoms with E-state index in [4.69, 9.17) is 0 Å². The maximum atomic E-state index is 4.20. The summed E-state index contributed by atoms with van der Waals surface area (Å²) >= 11 is 0. The van der Waals surface area contributed by atoms with E-state index in [-0.39, 0.29) is 0 Å². The standard InChI is InChI=1S/C10H20N4/c1-9-10(8-12-14(9)4)7-11-5-6-13(2)3/h8,11H,5-7H2,1-4H3. The van der Waals surface area contributed by atoms with Crippen molar-refractivity contribution < 1.29 is 0 Å². The molecular weight excluding hydrogens is 176 g/mol. The fourth-order valence-electron chi connectivity index (χ4n) is 1.24. The molecular formula is C10H20N4. The second-order valence-corrected chi connectivity index (χ2v) is 3.86. The van der Waals surface area contributed by atoms with Gasteiger partial charge in [0.15, 0.2) is 0 Å². The molecule has 1 rings (SSSR count). The smallest absolute Gasteiger partial charge is 0.0537 e. The van der Waals surface area contributed by atoms with Crippen molar-refractivity contribution in [2.75, 3.05) is 27.2 Å². The zero-order valence-corrected chi connectivity index (χ0v) is 9.54. The zero-order chi connectivity index (χ0) is 10.6. The number of aromatic nitrogens is 2. The SMILES string of the molecule is Cc1c(CNCCN(C)C)cnn1C. The lowest BCUT2D eigenvalue weighted by Gasteiger charge is -2.09. The van der Waals surface area contributed by atoms with E-state index in [0.717, 1.165) is 19.6 Å². The summed E-state index contributed by atoms with van der Waals surface area (Å²) in [6.45, 7) is 5.09. The van der Waals surface area contributed by atoms with Gasteiger partial charge in [-0.25, -0.2) is 0 Å². The van der Waals surface area contributed by atoms with Crippen LogP contribution < -0.4 is 5.32 Å². The van der Waals surface area contributed by atoms with E-state index in [2.05, 4.69) is 36.3 Å². The van der Waals surface area contributed by atoms with Gasteiger partial charge in [0, 0.05) is 37.9 Å². The highest BCUT2D eigenvalue weighted by atomic mass is 15.3. The molecule has 1 aromatic heterocycles. The third kappa shape index (κ3) is 3.12. The zero-order valence-electron chi connectivity index (χ0n) is 9.54. The minimum Gasteiger partial charge on any atom is -0.311 e. The minimum atomic E-state index is 0.910. The number of nitrogens with one attached hydrogen (secondary N) is 1. The normalized spacial score (nSPS) is 11.2. The van der Waals surface area contributed by atoms with Gasteiger partial charge in [-0.05, 0) is 21.0 Å². The Morgan fingerprint density at radius 2 is 2.21 bits per heavy atom. The summed E-state index contributed by atoms with van der Waals surface area (Å²) < 4.78 is 1.91. The summed E-state index contributed by atoms with van der Waals surface area (Å²) in [5.41, 5.74) is 2.52. The summed E-state index contributed by atoms with van der Waals surface area (Å²) in [6, 6.07) is 0. The van der Waals surface area contributed by atoms with Gasteiger partial charge in [0.05, 0.1) is 6.20 Å². The molecule has 0 radical (unpaired) electrons. The lowest BCUT2D eigenvalue weighted by molar-refractivity contribution is 0.400. The van der Waals surface area contributed by atoms with Crippen LogP contribution in [0.1, 0.15) is 11.3 Å². The van der Waals surface area contributed by atoms with Gasteiger partial charge >= 0.3 is 0 Å². The van der Waals surface area contributed by atoms with Crippen molar-refractivity contribution in [2.24, 2.45) is 7.05 Å². The topological polar surface area (TPSA) is 33.1 Å². The number of nitrogens with zero attached hydrogens (tertiary/aromatic N) is 3. The minimum absolute atomic E-state index is 0.910. The molecule has 0 aliphatic carbocycles. The lowest BCUT2D eigenvalue weighted by atomic mass is 10.2. The molecule has 0 amide bonds. The van der Waals surface area contributed by atoms with Gasteiger partial charge < -0.3 is 10.2 Å². The van der Waals surface area contributed by atoms with Gasteiger partial charge in [0.2, 0.25) is 0 Å². The first-order chi connectivity index (χ1) is 6.61. The first-order valence-corrected chi connectivity index (χ1v) is 4.94. The predicted octanol–water partition coefficient (Wildman–Crippen LogP) is 0.380. The molecule has 0 fully saturated rings. The summed E-state index contributed by atoms with van der Waals surface area (Å²) in [4.78, 5) is 2.17. The highest BCUT2D eigenvalue weighted by Gasteiger charge is 2.01. The van der Waals surface area contributed by atoms with E-state index in [0.29, 0.717) is 0 Å². The third-order valence-electron chi connectivity index (χ3n) is 2.39. The van der Waals surface area contributed by atoms with Gasteiger partial charge in [-0.2, -0.15) is 5.10 Å². The second-order valence-electron chi connectivity index (χ2n) is 3.86. The van der Waals surface area contributed by atoms with Crippen LogP contribution in [0, 0.1) is 6.92 Å². The fraction of sp³-hybridized carbons (Fsp3) is 0.700. The molecule has 1 heterocycles. The summed E-state index contributed by atoms with van der Waals surface area (Å²) in [5.74, 6) is 0. The molecule has 4 heteroatoms. The Kier molecular flexibility index (Phi) is 4.10. The van der Waals surface area contributed by atoms with Crippen molar-refractivity contribution in [3.05, 3.63) is 17.5 Å². The van der Waals surface area contributed by atoms with E-state index in [1.165, 1.54) is 11.3 Å². The second kappa shape index (κ2) is 5.12. The molecule has 0 aromatic carbocycles. The molecule has 0 saturated heterocycles. The van der Waals surface area contributed by atoms with Crippen molar-refractivity contribution in [1.29, 1.82) is 0 Å². The van der Waals surface area contributed by atoms with Crippen molar-refractivity contribution in [2.45, 2.75) is 13.5 Å². The van der Waals surface area contributed by atoms with E-state index in [1.807, 2.05) is 17.9 Å². The molecule has 0 saturated carbocycles. The van der Waals surface area contributed by atoms with Crippen molar-refractivity contribution in [1.82, 2.24) is 20.0 Å². The van der Waals surface area contributed by atoms with Crippen LogP contribution in [-0.2, 0) is 13.6 Å². The Morgan fingerprint density at radius 1 is 1.50 bits per heavy atom. The number of likely N-dealkylation sites (N-methyl/N-ethyl adjacent to an activating group) is 1. The van der Waals surface area contributed by atoms with Crippen LogP contribution in [0.3, 0.4) is 0 Å². The molecule has 0 spiro atoms. The largest absolute Gasteiger partial charge is 0.311 e. The predicted molar refractivity (Wildman–Crippen MR) is 58.2 cm³/mol. The molecule has 1 N–H and O–H groups in total. The quantitative estimate of drug-likeness (QED) is 0.691. The van der Waals surface area contributed by atoms with Gasteiger partial charge in [0.1, 0.15) is 0 Å². The van der Waals surface area contributed by atoms with Gasteiger partial charge in [-0.3, -0.25) is 4.68 Å². The molecule has 0 bridgehead atoms. The molecule has 0 aliphatic heterocycles. The first-order valence-electron chi connectivity index (χ1n) is 4.94. The van der Waals surface area contributed by atoms with E-state index in [9.17, 15) is 0 Å². The maximum absolute atomic E-state index is 4.20. The highest BCUT2D eigenvalue weighted by Crippen LogP contribution is 2.04. The molecule has 14 heavy (non-hydrogen) atoms. The molecule has 0 aliphatic rings. The summed E-state index contributed by atoms with van der Waals surface area (Å²) in [5, 5.41) is 7.59. The summed E-state index contributed by atoms with van der Waals surface area (Å²) in [6.07, 6.45) is 1.93. The van der Waals surface area contributed by atoms with E-state index < -0.39 is 0 Å². The van der Waals surface area contributed by atoms with Gasteiger partial charge in [-0.1, -0.05) is 0 Å². The number of hydrogen-bond acceptors (Lipinski definition) is 3. The van der Waals surface area contributed by atoms with Crippen LogP contribution in [0.25, 0.3) is 0 Å². The molecule has 4 nitrogen and oxygen atoms in total. The Balaban J connectivity index is 2.28. The molecule has 1 aromatic rings. The average Bonchev–Trinajstić information content (AvgIpc) is 2.43. The van der Waals surface area contributed by atoms with Crippen molar-refractivity contribution in [3.8, 4) is 0 Å². The van der Waals surface area contributed by atoms with Crippen molar-refractivity contribution in [3.63, 3.8) is 0 Å². The monoisotopic (exact) mass is 196 g/mol. The molecule has 0 unspecified atom stereocenters. The highest BCUT2D eigenvalue weighted by molar-refractivity contribution is 5.15. The Morgan fingerprint density at radius 3 is 2.71 bits per heavy atom. The van der Waals surface area contributed by atoms with Crippen LogP contribution in [0.2, 0.25) is 0 Å². The Bertz CT molecular complexity index is 278. The third-order valence-corrected chi connectivity index (χ3v) is 2.39. The summed E-state index contributed by atoms with van der Waals surface area (Å²) in [7, 11) is 6.13. The van der Waals surface area contributed by atoms with Crippen molar-refractivity contribution >= 4 is 0 Å². The van der Waals surface area contributed by atoms with Crippen LogP contribution >= 0.6 is 0 Å². The molecule has 0 atom stereocenters. The number of aryl methyl sites for hydroxylation is 1. The Hall–Kier alpha value is -0.870. The van der Waals surface area contributed by atoms with Gasteiger partial charge in [-0.15, -0.1) is 0 Å². The van der Waals surface area contributed by atoms with E-state index in [1.54, 1.807) is 0 Å². The van der Waals surface area contributed by atoms with Crippen LogP contribution in [-0.4, -0.2) is 41.9 Å². The molecule has 80 valence electrons. The fourth-order valence-corrected chi connectivity index (χ4v) is 1.24. The number of hydrogen-bond donors (Lipinski definition) is 1.